The van der Waals surface area contributed by atoms with E-state index in [1.54, 1.807) is 0 Å². The Morgan fingerprint density at radius 1 is 0.567 bits per heavy atom. The Kier molecular flexibility index (Phi) is 6.65. The zero-order valence-corrected chi connectivity index (χ0v) is 21.1. The van der Waals surface area contributed by atoms with Gasteiger partial charge in [-0.15, -0.1) is 0 Å². The summed E-state index contributed by atoms with van der Waals surface area (Å²) in [6.45, 7) is 13.5. The highest BCUT2D eigenvalue weighted by molar-refractivity contribution is 7.26. The summed E-state index contributed by atoms with van der Waals surface area (Å²) in [5.74, 6) is 0. The third kappa shape index (κ3) is 5.65. The van der Waals surface area contributed by atoms with Gasteiger partial charge in [-0.2, -0.15) is 11.1 Å². The van der Waals surface area contributed by atoms with Crippen molar-refractivity contribution in [3.05, 3.63) is 101 Å². The van der Waals surface area contributed by atoms with Gasteiger partial charge in [-0.25, -0.2) is 0 Å². The van der Waals surface area contributed by atoms with E-state index in [-0.39, 0.29) is 10.8 Å². The van der Waals surface area contributed by atoms with Crippen molar-refractivity contribution >= 4 is 23.6 Å². The van der Waals surface area contributed by atoms with E-state index >= 15 is 0 Å². The minimum absolute atomic E-state index is 0.169. The molecule has 0 aliphatic rings. The van der Waals surface area contributed by atoms with Crippen LogP contribution in [0.15, 0.2) is 78.9 Å². The molecule has 0 aliphatic carbocycles. The standard InChI is InChI=1S/C28H35ClSi/c1-27(2,3)24-16-12-22(13-17-24)20-30(29,26-10-8-7-9-11-26)21-23-14-18-25(19-15-23)28(4,5)6/h7-19H,20-21H2,1-6H3. The monoisotopic (exact) mass is 434 g/mol. The van der Waals surface area contributed by atoms with Gasteiger partial charge in [-0.3, -0.25) is 0 Å². The molecule has 0 amide bonds. The van der Waals surface area contributed by atoms with Crippen molar-refractivity contribution < 1.29 is 0 Å². The minimum atomic E-state index is -2.26. The van der Waals surface area contributed by atoms with Crippen LogP contribution in [0.2, 0.25) is 0 Å². The molecule has 30 heavy (non-hydrogen) atoms. The van der Waals surface area contributed by atoms with Crippen LogP contribution in [0.5, 0.6) is 0 Å². The number of benzene rings is 3. The van der Waals surface area contributed by atoms with Crippen LogP contribution in [0.4, 0.5) is 0 Å². The van der Waals surface area contributed by atoms with Gasteiger partial charge >= 0.3 is 0 Å². The lowest BCUT2D eigenvalue weighted by Crippen LogP contribution is -2.47. The normalized spacial score (nSPS) is 12.8. The Morgan fingerprint density at radius 2 is 0.933 bits per heavy atom. The van der Waals surface area contributed by atoms with Gasteiger partial charge in [0, 0.05) is 0 Å². The van der Waals surface area contributed by atoms with Crippen molar-refractivity contribution in [3.8, 4) is 0 Å². The number of hydrogen-bond acceptors (Lipinski definition) is 0. The molecule has 158 valence electrons. The van der Waals surface area contributed by atoms with Crippen LogP contribution in [0.3, 0.4) is 0 Å². The SMILES string of the molecule is CC(C)(C)c1ccc(C[Si](Cl)(Cc2ccc(C(C)(C)C)cc2)c2ccccc2)cc1. The summed E-state index contributed by atoms with van der Waals surface area (Å²) in [6, 6.07) is 30.8. The lowest BCUT2D eigenvalue weighted by Gasteiger charge is -2.27. The van der Waals surface area contributed by atoms with E-state index in [2.05, 4.69) is 120 Å². The van der Waals surface area contributed by atoms with Gasteiger partial charge in [-0.1, -0.05) is 120 Å². The second-order valence-corrected chi connectivity index (χ2v) is 16.0. The topological polar surface area (TPSA) is 0 Å². The highest BCUT2D eigenvalue weighted by Crippen LogP contribution is 2.27. The van der Waals surface area contributed by atoms with Gasteiger partial charge in [0.05, 0.1) is 0 Å². The van der Waals surface area contributed by atoms with E-state index in [0.717, 1.165) is 12.1 Å². The summed E-state index contributed by atoms with van der Waals surface area (Å²) in [6.07, 6.45) is 0. The van der Waals surface area contributed by atoms with E-state index in [9.17, 15) is 0 Å². The molecular formula is C28H35ClSi. The molecule has 3 aromatic carbocycles. The predicted molar refractivity (Wildman–Crippen MR) is 135 cm³/mol. The second-order valence-electron chi connectivity index (χ2n) is 10.6. The maximum absolute atomic E-state index is 7.53. The Balaban J connectivity index is 1.90. The minimum Gasteiger partial charge on any atom is -0.160 e. The fourth-order valence-corrected chi connectivity index (χ4v) is 8.29. The first kappa shape index (κ1) is 22.8. The highest BCUT2D eigenvalue weighted by atomic mass is 35.6. The van der Waals surface area contributed by atoms with Gasteiger partial charge in [0.25, 0.3) is 0 Å². The summed E-state index contributed by atoms with van der Waals surface area (Å²) in [5, 5.41) is 1.31. The van der Waals surface area contributed by atoms with E-state index in [1.165, 1.54) is 27.4 Å². The number of hydrogen-bond donors (Lipinski definition) is 0. The molecule has 0 aliphatic heterocycles. The number of halogens is 1. The summed E-state index contributed by atoms with van der Waals surface area (Å²) >= 11 is 7.53. The molecule has 0 radical (unpaired) electrons. The molecule has 0 aromatic heterocycles. The average molecular weight is 435 g/mol. The van der Waals surface area contributed by atoms with Gasteiger partial charge in [0.2, 0.25) is 0 Å². The third-order valence-corrected chi connectivity index (χ3v) is 10.7. The Labute approximate surface area is 189 Å². The van der Waals surface area contributed by atoms with Gasteiger partial charge in [-0.05, 0) is 50.4 Å². The highest BCUT2D eigenvalue weighted by Gasteiger charge is 2.34. The fraction of sp³-hybridized carbons (Fsp3) is 0.357. The first-order chi connectivity index (χ1) is 14.0. The molecule has 0 bridgehead atoms. The Morgan fingerprint density at radius 3 is 1.27 bits per heavy atom. The molecule has 0 spiro atoms. The van der Waals surface area contributed by atoms with E-state index < -0.39 is 7.38 Å². The predicted octanol–water partition coefficient (Wildman–Crippen LogP) is 7.24. The van der Waals surface area contributed by atoms with Gasteiger partial charge in [0.1, 0.15) is 0 Å². The number of rotatable bonds is 5. The van der Waals surface area contributed by atoms with Gasteiger partial charge in [0.15, 0.2) is 7.38 Å². The Bertz CT molecular complexity index is 883. The average Bonchev–Trinajstić information content (AvgIpc) is 2.68. The van der Waals surface area contributed by atoms with Crippen molar-refractivity contribution in [3.63, 3.8) is 0 Å². The molecule has 0 saturated carbocycles. The maximum atomic E-state index is 7.53. The van der Waals surface area contributed by atoms with Crippen molar-refractivity contribution in [2.24, 2.45) is 0 Å². The fourth-order valence-electron chi connectivity index (χ4n) is 3.90. The maximum Gasteiger partial charge on any atom is 0.195 e. The van der Waals surface area contributed by atoms with Crippen LogP contribution in [0.1, 0.15) is 63.8 Å². The van der Waals surface area contributed by atoms with Gasteiger partial charge < -0.3 is 0 Å². The van der Waals surface area contributed by atoms with Crippen molar-refractivity contribution in [1.29, 1.82) is 0 Å². The van der Waals surface area contributed by atoms with Crippen LogP contribution in [0.25, 0.3) is 0 Å². The summed E-state index contributed by atoms with van der Waals surface area (Å²) in [4.78, 5) is 0. The molecule has 3 aromatic rings. The van der Waals surface area contributed by atoms with Crippen molar-refractivity contribution in [2.45, 2.75) is 64.5 Å². The molecule has 0 N–H and O–H groups in total. The first-order valence-electron chi connectivity index (χ1n) is 10.9. The van der Waals surface area contributed by atoms with Crippen molar-refractivity contribution in [2.75, 3.05) is 0 Å². The zero-order valence-electron chi connectivity index (χ0n) is 19.3. The quantitative estimate of drug-likeness (QED) is 0.293. The lowest BCUT2D eigenvalue weighted by molar-refractivity contribution is 0.590. The molecule has 0 heterocycles. The van der Waals surface area contributed by atoms with Crippen LogP contribution < -0.4 is 5.19 Å². The van der Waals surface area contributed by atoms with Crippen LogP contribution >= 0.6 is 11.1 Å². The molecule has 0 nitrogen and oxygen atoms in total. The van der Waals surface area contributed by atoms with Crippen molar-refractivity contribution in [1.82, 2.24) is 0 Å². The molecule has 0 saturated heterocycles. The van der Waals surface area contributed by atoms with E-state index in [4.69, 9.17) is 11.1 Å². The molecule has 0 unspecified atom stereocenters. The second kappa shape index (κ2) is 8.73. The van der Waals surface area contributed by atoms with E-state index in [0.29, 0.717) is 0 Å². The molecule has 0 atom stereocenters. The molecule has 2 heteroatoms. The molecular weight excluding hydrogens is 400 g/mol. The molecule has 3 rings (SSSR count). The van der Waals surface area contributed by atoms with Crippen LogP contribution in [0, 0.1) is 0 Å². The largest absolute Gasteiger partial charge is 0.195 e. The third-order valence-electron chi connectivity index (χ3n) is 5.90. The van der Waals surface area contributed by atoms with E-state index in [1.807, 2.05) is 0 Å². The lowest BCUT2D eigenvalue weighted by atomic mass is 9.87. The summed E-state index contributed by atoms with van der Waals surface area (Å²) < 4.78 is 0. The van der Waals surface area contributed by atoms with Crippen LogP contribution in [-0.4, -0.2) is 7.38 Å². The Hall–Kier alpha value is -1.83. The summed E-state index contributed by atoms with van der Waals surface area (Å²) in [7, 11) is -2.26. The summed E-state index contributed by atoms with van der Waals surface area (Å²) in [5.41, 5.74) is 5.74. The zero-order chi connectivity index (χ0) is 22.0. The first-order valence-corrected chi connectivity index (χ1v) is 14.3. The van der Waals surface area contributed by atoms with Crippen LogP contribution in [-0.2, 0) is 22.9 Å². The molecule has 0 fully saturated rings. The smallest absolute Gasteiger partial charge is 0.160 e.